The third-order valence-corrected chi connectivity index (χ3v) is 3.38. The average molecular weight is 289 g/mol. The summed E-state index contributed by atoms with van der Waals surface area (Å²) >= 11 is 0.263. The molecule has 0 radical (unpaired) electrons. The number of carboxylic acid groups (broad SMARTS) is 1. The van der Waals surface area contributed by atoms with Crippen LogP contribution in [0.2, 0.25) is 0 Å². The van der Waals surface area contributed by atoms with Gasteiger partial charge in [-0.05, 0) is 19.1 Å². The van der Waals surface area contributed by atoms with Gasteiger partial charge in [-0.25, -0.2) is 4.79 Å². The molecule has 0 aliphatic carbocycles. The molecule has 19 heavy (non-hydrogen) atoms. The van der Waals surface area contributed by atoms with E-state index in [1.165, 1.54) is 26.1 Å². The molecule has 0 fully saturated rings. The maximum Gasteiger partial charge on any atom is 0.326 e. The molecular weight excluding hydrogens is 276 g/mol. The lowest BCUT2D eigenvalue weighted by Crippen LogP contribution is -2.40. The molecule has 4 nitrogen and oxygen atoms in total. The Kier molecular flexibility index (Phi) is 5.29. The van der Waals surface area contributed by atoms with Crippen LogP contribution in [0.3, 0.4) is 0 Å². The van der Waals surface area contributed by atoms with Gasteiger partial charge in [0.1, 0.15) is 6.04 Å². The van der Waals surface area contributed by atoms with Crippen LogP contribution in [0.15, 0.2) is 29.2 Å². The molecule has 1 amide bonds. The van der Waals surface area contributed by atoms with Crippen LogP contribution < -0.4 is 0 Å². The van der Waals surface area contributed by atoms with Crippen LogP contribution >= 0.6 is 11.8 Å². The summed E-state index contributed by atoms with van der Waals surface area (Å²) in [6.45, 7) is 1.35. The maximum atomic E-state index is 12.4. The van der Waals surface area contributed by atoms with Gasteiger partial charge in [-0.2, -0.15) is 8.78 Å². The van der Waals surface area contributed by atoms with Crippen LogP contribution in [0.5, 0.6) is 0 Å². The first-order valence-corrected chi connectivity index (χ1v) is 6.26. The molecule has 0 aromatic heterocycles. The predicted molar refractivity (Wildman–Crippen MR) is 67.5 cm³/mol. The fourth-order valence-corrected chi connectivity index (χ4v) is 2.01. The van der Waals surface area contributed by atoms with Gasteiger partial charge in [-0.1, -0.05) is 23.9 Å². The highest BCUT2D eigenvalue weighted by atomic mass is 32.2. The van der Waals surface area contributed by atoms with Gasteiger partial charge in [-0.3, -0.25) is 4.79 Å². The van der Waals surface area contributed by atoms with Crippen molar-refractivity contribution in [3.8, 4) is 0 Å². The van der Waals surface area contributed by atoms with E-state index < -0.39 is 23.7 Å². The van der Waals surface area contributed by atoms with Gasteiger partial charge in [0.2, 0.25) is 0 Å². The molecular formula is C12H13F2NO3S. The molecule has 1 rings (SSSR count). The summed E-state index contributed by atoms with van der Waals surface area (Å²) in [5.74, 6) is -4.40. The van der Waals surface area contributed by atoms with E-state index in [0.717, 1.165) is 4.90 Å². The summed E-state index contributed by atoms with van der Waals surface area (Å²) in [5.41, 5.74) is 0.0726. The number of amides is 1. The van der Waals surface area contributed by atoms with Crippen molar-refractivity contribution < 1.29 is 23.5 Å². The van der Waals surface area contributed by atoms with E-state index in [1.807, 2.05) is 0 Å². The molecule has 1 aromatic carbocycles. The van der Waals surface area contributed by atoms with Crippen LogP contribution in [-0.2, 0) is 4.79 Å². The molecule has 0 aliphatic heterocycles. The third-order valence-electron chi connectivity index (χ3n) is 2.59. The Morgan fingerprint density at radius 1 is 1.32 bits per heavy atom. The first-order chi connectivity index (χ1) is 8.84. The highest BCUT2D eigenvalue weighted by molar-refractivity contribution is 7.99. The van der Waals surface area contributed by atoms with Crippen molar-refractivity contribution in [2.75, 3.05) is 7.05 Å². The molecule has 1 aromatic rings. The van der Waals surface area contributed by atoms with Gasteiger partial charge < -0.3 is 10.0 Å². The predicted octanol–water partition coefficient (Wildman–Crippen LogP) is 2.55. The number of carbonyl (C=O) groups is 2. The van der Waals surface area contributed by atoms with Crippen LogP contribution in [0.4, 0.5) is 8.78 Å². The third kappa shape index (κ3) is 3.92. The first-order valence-electron chi connectivity index (χ1n) is 5.38. The summed E-state index contributed by atoms with van der Waals surface area (Å²) < 4.78 is 24.8. The van der Waals surface area contributed by atoms with Crippen LogP contribution in [0.25, 0.3) is 0 Å². The number of carboxylic acids is 1. The zero-order chi connectivity index (χ0) is 14.6. The number of alkyl halides is 2. The number of likely N-dealkylation sites (N-methyl/N-ethyl adjacent to an activating group) is 1. The lowest BCUT2D eigenvalue weighted by Gasteiger charge is -2.22. The SMILES string of the molecule is CC(C(=O)O)N(C)C(=O)c1ccccc1SC(F)F. The summed E-state index contributed by atoms with van der Waals surface area (Å²) in [6, 6.07) is 4.86. The largest absolute Gasteiger partial charge is 0.480 e. The monoisotopic (exact) mass is 289 g/mol. The summed E-state index contributed by atoms with van der Waals surface area (Å²) in [4.78, 5) is 24.1. The van der Waals surface area contributed by atoms with Crippen molar-refractivity contribution in [2.45, 2.75) is 23.6 Å². The molecule has 7 heteroatoms. The summed E-state index contributed by atoms with van der Waals surface area (Å²) in [6.07, 6.45) is 0. The molecule has 0 bridgehead atoms. The number of hydrogen-bond donors (Lipinski definition) is 1. The normalized spacial score (nSPS) is 12.3. The van der Waals surface area contributed by atoms with Gasteiger partial charge in [0, 0.05) is 11.9 Å². The first kappa shape index (κ1) is 15.4. The quantitative estimate of drug-likeness (QED) is 0.846. The van der Waals surface area contributed by atoms with Gasteiger partial charge >= 0.3 is 5.97 Å². The van der Waals surface area contributed by atoms with Crippen LogP contribution in [0, 0.1) is 0 Å². The molecule has 0 aliphatic rings. The number of benzene rings is 1. The second-order valence-corrected chi connectivity index (χ2v) is 4.84. The average Bonchev–Trinajstić information content (AvgIpc) is 2.36. The van der Waals surface area contributed by atoms with E-state index in [0.29, 0.717) is 0 Å². The lowest BCUT2D eigenvalue weighted by atomic mass is 10.2. The second-order valence-electron chi connectivity index (χ2n) is 3.80. The zero-order valence-corrected chi connectivity index (χ0v) is 11.2. The summed E-state index contributed by atoms with van der Waals surface area (Å²) in [5, 5.41) is 8.84. The Hall–Kier alpha value is -1.63. The number of hydrogen-bond acceptors (Lipinski definition) is 3. The van der Waals surface area contributed by atoms with E-state index in [1.54, 1.807) is 12.1 Å². The number of halogens is 2. The molecule has 1 N–H and O–H groups in total. The Morgan fingerprint density at radius 3 is 2.42 bits per heavy atom. The Morgan fingerprint density at radius 2 is 1.89 bits per heavy atom. The highest BCUT2D eigenvalue weighted by Crippen LogP contribution is 2.29. The minimum atomic E-state index is -2.64. The van der Waals surface area contributed by atoms with Crippen LogP contribution in [-0.4, -0.2) is 40.7 Å². The number of thioether (sulfide) groups is 1. The van der Waals surface area contributed by atoms with Crippen molar-refractivity contribution >= 4 is 23.6 Å². The van der Waals surface area contributed by atoms with Crippen molar-refractivity contribution in [3.63, 3.8) is 0 Å². The van der Waals surface area contributed by atoms with Crippen molar-refractivity contribution in [1.82, 2.24) is 4.90 Å². The number of nitrogens with zero attached hydrogens (tertiary/aromatic N) is 1. The number of rotatable bonds is 5. The number of carbonyl (C=O) groups excluding carboxylic acids is 1. The molecule has 1 unspecified atom stereocenters. The smallest absolute Gasteiger partial charge is 0.326 e. The lowest BCUT2D eigenvalue weighted by molar-refractivity contribution is -0.141. The minimum absolute atomic E-state index is 0.0726. The zero-order valence-electron chi connectivity index (χ0n) is 10.3. The minimum Gasteiger partial charge on any atom is -0.480 e. The van der Waals surface area contributed by atoms with E-state index in [-0.39, 0.29) is 22.2 Å². The molecule has 0 spiro atoms. The fourth-order valence-electron chi connectivity index (χ4n) is 1.37. The fraction of sp³-hybridized carbons (Fsp3) is 0.333. The van der Waals surface area contributed by atoms with Crippen molar-refractivity contribution in [3.05, 3.63) is 29.8 Å². The van der Waals surface area contributed by atoms with Crippen molar-refractivity contribution in [2.24, 2.45) is 0 Å². The number of aliphatic carboxylic acids is 1. The van der Waals surface area contributed by atoms with Gasteiger partial charge in [0.15, 0.2) is 0 Å². The molecule has 0 heterocycles. The van der Waals surface area contributed by atoms with Gasteiger partial charge in [0.05, 0.1) is 5.56 Å². The second kappa shape index (κ2) is 6.51. The molecule has 104 valence electrons. The standard InChI is InChI=1S/C12H13F2NO3S/c1-7(11(17)18)15(2)10(16)8-5-3-4-6-9(8)19-12(13)14/h3-7,12H,1-2H3,(H,17,18). The maximum absolute atomic E-state index is 12.4. The molecule has 1 atom stereocenters. The topological polar surface area (TPSA) is 57.6 Å². The Balaban J connectivity index is 3.02. The van der Waals surface area contributed by atoms with E-state index in [4.69, 9.17) is 5.11 Å². The molecule has 0 saturated heterocycles. The summed E-state index contributed by atoms with van der Waals surface area (Å²) in [7, 11) is 1.32. The molecule has 0 saturated carbocycles. The Bertz CT molecular complexity index is 482. The van der Waals surface area contributed by atoms with E-state index in [2.05, 4.69) is 0 Å². The van der Waals surface area contributed by atoms with Gasteiger partial charge in [-0.15, -0.1) is 0 Å². The Labute approximate surface area is 113 Å². The van der Waals surface area contributed by atoms with Crippen molar-refractivity contribution in [1.29, 1.82) is 0 Å². The van der Waals surface area contributed by atoms with Gasteiger partial charge in [0.25, 0.3) is 11.7 Å². The van der Waals surface area contributed by atoms with E-state index in [9.17, 15) is 18.4 Å². The highest BCUT2D eigenvalue weighted by Gasteiger charge is 2.25. The van der Waals surface area contributed by atoms with E-state index >= 15 is 0 Å². The van der Waals surface area contributed by atoms with Crippen LogP contribution in [0.1, 0.15) is 17.3 Å².